The van der Waals surface area contributed by atoms with Gasteiger partial charge in [0.2, 0.25) is 0 Å². The Bertz CT molecular complexity index is 737. The van der Waals surface area contributed by atoms with Crippen molar-refractivity contribution in [3.63, 3.8) is 0 Å². The van der Waals surface area contributed by atoms with Crippen LogP contribution in [0.1, 0.15) is 49.2 Å². The Balaban J connectivity index is 2.13. The summed E-state index contributed by atoms with van der Waals surface area (Å²) in [5.74, 6) is 0.337. The van der Waals surface area contributed by atoms with Gasteiger partial charge in [-0.25, -0.2) is 16.8 Å². The second-order valence-electron chi connectivity index (χ2n) is 5.23. The van der Waals surface area contributed by atoms with Crippen molar-refractivity contribution >= 4 is 29.6 Å². The molecule has 2 fully saturated rings. The fraction of sp³-hybridized carbons (Fsp3) is 0.800. The summed E-state index contributed by atoms with van der Waals surface area (Å²) in [4.78, 5) is 0. The van der Waals surface area contributed by atoms with Crippen LogP contribution in [0.3, 0.4) is 0 Å². The zero-order valence-electron chi connectivity index (χ0n) is 10.6. The third kappa shape index (κ3) is 2.46. The lowest BCUT2D eigenvalue weighted by Crippen LogP contribution is -2.25. The minimum absolute atomic E-state index is 0.0550. The van der Waals surface area contributed by atoms with Crippen LogP contribution < -0.4 is 0 Å². The first-order chi connectivity index (χ1) is 9.31. The predicted octanol–water partition coefficient (Wildman–Crippen LogP) is 1.18. The molecule has 0 bridgehead atoms. The summed E-state index contributed by atoms with van der Waals surface area (Å²) in [6, 6.07) is -0.0550. The van der Waals surface area contributed by atoms with Crippen LogP contribution in [0.4, 0.5) is 0 Å². The normalized spacial score (nSPS) is 26.6. The van der Waals surface area contributed by atoms with Crippen molar-refractivity contribution in [2.45, 2.75) is 48.6 Å². The molecule has 1 unspecified atom stereocenters. The van der Waals surface area contributed by atoms with E-state index >= 15 is 0 Å². The van der Waals surface area contributed by atoms with Gasteiger partial charge in [-0.2, -0.15) is 0 Å². The molecule has 0 amide bonds. The van der Waals surface area contributed by atoms with Gasteiger partial charge in [0.05, 0.1) is 5.75 Å². The largest absolute Gasteiger partial charge is 0.297 e. The highest BCUT2D eigenvalue weighted by Crippen LogP contribution is 2.42. The van der Waals surface area contributed by atoms with Gasteiger partial charge in [-0.1, -0.05) is 6.42 Å². The Morgan fingerprint density at radius 1 is 1.15 bits per heavy atom. The van der Waals surface area contributed by atoms with Crippen molar-refractivity contribution in [1.82, 2.24) is 14.8 Å². The standard InChI is InChI=1S/C10H14ClN3O4S2/c11-20(17,18)10-13-12-9(14(10)7-4-5-7)8-3-1-2-6-19(8,15)16/h7-8H,1-6H2. The SMILES string of the molecule is O=S(=O)(Cl)c1nnc(C2CCCCS2(=O)=O)n1C1CC1. The molecule has 0 N–H and O–H groups in total. The summed E-state index contributed by atoms with van der Waals surface area (Å²) in [7, 11) is -1.97. The zero-order valence-corrected chi connectivity index (χ0v) is 13.0. The maximum atomic E-state index is 12.2. The number of halogens is 1. The summed E-state index contributed by atoms with van der Waals surface area (Å²) < 4.78 is 48.8. The van der Waals surface area contributed by atoms with Gasteiger partial charge in [0.1, 0.15) is 5.25 Å². The van der Waals surface area contributed by atoms with Crippen molar-refractivity contribution < 1.29 is 16.8 Å². The first-order valence-corrected chi connectivity index (χ1v) is 10.4. The lowest BCUT2D eigenvalue weighted by Gasteiger charge is -2.22. The first-order valence-electron chi connectivity index (χ1n) is 6.42. The number of aromatic nitrogens is 3. The van der Waals surface area contributed by atoms with Gasteiger partial charge in [0.15, 0.2) is 15.7 Å². The molecule has 2 aliphatic rings. The highest BCUT2D eigenvalue weighted by atomic mass is 35.7. The number of sulfone groups is 1. The van der Waals surface area contributed by atoms with Crippen LogP contribution in [-0.2, 0) is 18.9 Å². The molecule has 3 rings (SSSR count). The summed E-state index contributed by atoms with van der Waals surface area (Å²) in [6.45, 7) is 0. The van der Waals surface area contributed by atoms with E-state index in [1.165, 1.54) is 4.57 Å². The van der Waals surface area contributed by atoms with E-state index in [4.69, 9.17) is 10.7 Å². The van der Waals surface area contributed by atoms with E-state index in [9.17, 15) is 16.8 Å². The summed E-state index contributed by atoms with van der Waals surface area (Å²) in [5.41, 5.74) is 0. The van der Waals surface area contributed by atoms with Crippen LogP contribution in [0, 0.1) is 0 Å². The molecule has 0 radical (unpaired) electrons. The molecular weight excluding hydrogens is 326 g/mol. The van der Waals surface area contributed by atoms with Crippen molar-refractivity contribution in [1.29, 1.82) is 0 Å². The monoisotopic (exact) mass is 339 g/mol. The molecule has 0 spiro atoms. The minimum Gasteiger partial charge on any atom is -0.297 e. The molecule has 0 aromatic carbocycles. The number of nitrogens with zero attached hydrogens (tertiary/aromatic N) is 3. The minimum atomic E-state index is -4.03. The molecule has 20 heavy (non-hydrogen) atoms. The van der Waals surface area contributed by atoms with E-state index in [1.807, 2.05) is 0 Å². The number of rotatable bonds is 3. The molecule has 1 saturated heterocycles. The molecule has 1 aromatic heterocycles. The summed E-state index contributed by atoms with van der Waals surface area (Å²) in [5, 5.41) is 6.35. The molecule has 2 heterocycles. The van der Waals surface area contributed by atoms with Crippen LogP contribution in [0.15, 0.2) is 5.16 Å². The van der Waals surface area contributed by atoms with Crippen molar-refractivity contribution in [3.05, 3.63) is 5.82 Å². The third-order valence-electron chi connectivity index (χ3n) is 3.69. The molecule has 1 aliphatic carbocycles. The average molecular weight is 340 g/mol. The molecule has 7 nitrogen and oxygen atoms in total. The Morgan fingerprint density at radius 3 is 2.40 bits per heavy atom. The fourth-order valence-electron chi connectivity index (χ4n) is 2.59. The topological polar surface area (TPSA) is 99.0 Å². The van der Waals surface area contributed by atoms with Crippen LogP contribution in [0.5, 0.6) is 0 Å². The van der Waals surface area contributed by atoms with Gasteiger partial charge in [-0.05, 0) is 25.7 Å². The molecule has 1 saturated carbocycles. The van der Waals surface area contributed by atoms with Crippen LogP contribution in [0.25, 0.3) is 0 Å². The Morgan fingerprint density at radius 2 is 1.85 bits per heavy atom. The number of hydrogen-bond acceptors (Lipinski definition) is 6. The van der Waals surface area contributed by atoms with Gasteiger partial charge >= 0.3 is 0 Å². The average Bonchev–Trinajstić information content (AvgIpc) is 3.07. The van der Waals surface area contributed by atoms with E-state index in [-0.39, 0.29) is 22.8 Å². The lowest BCUT2D eigenvalue weighted by molar-refractivity contribution is 0.516. The Labute approximate surface area is 121 Å². The maximum Gasteiger partial charge on any atom is 0.296 e. The van der Waals surface area contributed by atoms with E-state index in [0.29, 0.717) is 12.8 Å². The lowest BCUT2D eigenvalue weighted by atomic mass is 10.2. The van der Waals surface area contributed by atoms with E-state index < -0.39 is 24.1 Å². The number of hydrogen-bond donors (Lipinski definition) is 0. The molecule has 10 heteroatoms. The van der Waals surface area contributed by atoms with Crippen LogP contribution >= 0.6 is 10.7 Å². The zero-order chi connectivity index (χ0) is 14.5. The second-order valence-corrected chi connectivity index (χ2v) is 9.99. The van der Waals surface area contributed by atoms with Crippen molar-refractivity contribution in [2.75, 3.05) is 5.75 Å². The Hall–Kier alpha value is -0.670. The molecule has 1 atom stereocenters. The quantitative estimate of drug-likeness (QED) is 0.767. The molecule has 112 valence electrons. The van der Waals surface area contributed by atoms with E-state index in [0.717, 1.165) is 19.3 Å². The first kappa shape index (κ1) is 14.3. The summed E-state index contributed by atoms with van der Waals surface area (Å²) in [6.07, 6.45) is 3.45. The van der Waals surface area contributed by atoms with E-state index in [1.54, 1.807) is 0 Å². The highest BCUT2D eigenvalue weighted by molar-refractivity contribution is 8.13. The Kier molecular flexibility index (Phi) is 3.33. The highest BCUT2D eigenvalue weighted by Gasteiger charge is 2.40. The molecular formula is C10H14ClN3O4S2. The van der Waals surface area contributed by atoms with Gasteiger partial charge in [-0.15, -0.1) is 10.2 Å². The summed E-state index contributed by atoms with van der Waals surface area (Å²) >= 11 is 0. The second kappa shape index (κ2) is 4.67. The molecule has 1 aliphatic heterocycles. The fourth-order valence-corrected chi connectivity index (χ4v) is 5.42. The van der Waals surface area contributed by atoms with Gasteiger partial charge in [-0.3, -0.25) is 4.57 Å². The van der Waals surface area contributed by atoms with Gasteiger partial charge in [0.25, 0.3) is 14.2 Å². The van der Waals surface area contributed by atoms with Gasteiger partial charge < -0.3 is 0 Å². The predicted molar refractivity (Wildman–Crippen MR) is 71.7 cm³/mol. The maximum absolute atomic E-state index is 12.2. The van der Waals surface area contributed by atoms with Crippen molar-refractivity contribution in [2.24, 2.45) is 0 Å². The van der Waals surface area contributed by atoms with Crippen LogP contribution in [0.2, 0.25) is 0 Å². The van der Waals surface area contributed by atoms with Gasteiger partial charge in [0, 0.05) is 16.7 Å². The third-order valence-corrected chi connectivity index (χ3v) is 6.99. The molecule has 1 aromatic rings. The van der Waals surface area contributed by atoms with E-state index in [2.05, 4.69) is 10.2 Å². The van der Waals surface area contributed by atoms with Crippen LogP contribution in [-0.4, -0.2) is 37.4 Å². The van der Waals surface area contributed by atoms with Crippen molar-refractivity contribution in [3.8, 4) is 0 Å². The smallest absolute Gasteiger partial charge is 0.296 e.